The number of nitrogens with one attached hydrogen (secondary N) is 1. The summed E-state index contributed by atoms with van der Waals surface area (Å²) < 4.78 is 26.1. The Balaban J connectivity index is 1.26. The highest BCUT2D eigenvalue weighted by atomic mass is 19.1. The molecule has 0 unspecified atom stereocenters. The van der Waals surface area contributed by atoms with E-state index >= 15 is 0 Å². The van der Waals surface area contributed by atoms with Gasteiger partial charge in [0.15, 0.2) is 17.3 Å². The Morgan fingerprint density at radius 3 is 2.73 bits per heavy atom. The Hall–Kier alpha value is -3.42. The van der Waals surface area contributed by atoms with Gasteiger partial charge in [-0.25, -0.2) is 9.37 Å². The zero-order valence-electron chi connectivity index (χ0n) is 16.6. The quantitative estimate of drug-likeness (QED) is 0.605. The van der Waals surface area contributed by atoms with Crippen LogP contribution in [0, 0.1) is 5.82 Å². The molecular formula is C22H22FN3O4. The second kappa shape index (κ2) is 8.52. The Morgan fingerprint density at radius 2 is 1.90 bits per heavy atom. The Kier molecular flexibility index (Phi) is 5.65. The smallest absolute Gasteiger partial charge is 0.220 e. The van der Waals surface area contributed by atoms with Gasteiger partial charge in [-0.05, 0) is 36.4 Å². The van der Waals surface area contributed by atoms with Crippen LogP contribution in [0.3, 0.4) is 0 Å². The molecule has 1 aromatic heterocycles. The van der Waals surface area contributed by atoms with Crippen LogP contribution in [0.15, 0.2) is 36.4 Å². The lowest BCUT2D eigenvalue weighted by atomic mass is 10.1. The van der Waals surface area contributed by atoms with Crippen LogP contribution >= 0.6 is 0 Å². The van der Waals surface area contributed by atoms with Gasteiger partial charge in [0.2, 0.25) is 5.91 Å². The van der Waals surface area contributed by atoms with E-state index in [0.717, 1.165) is 5.82 Å². The minimum Gasteiger partial charge on any atom is -0.486 e. The lowest BCUT2D eigenvalue weighted by molar-refractivity contribution is -0.121. The van der Waals surface area contributed by atoms with E-state index in [1.54, 1.807) is 24.3 Å². The predicted molar refractivity (Wildman–Crippen MR) is 108 cm³/mol. The number of ether oxygens (including phenoxy) is 2. The molecule has 7 nitrogen and oxygen atoms in total. The summed E-state index contributed by atoms with van der Waals surface area (Å²) in [4.78, 5) is 29.0. The van der Waals surface area contributed by atoms with Gasteiger partial charge >= 0.3 is 0 Å². The SMILES string of the molecule is Cn1c(CCNC(=O)CCC(=O)c2ccc3c(c2)OCCO3)nc2ccc(F)cc21. The highest BCUT2D eigenvalue weighted by Crippen LogP contribution is 2.31. The third-order valence-electron chi connectivity index (χ3n) is 5.05. The van der Waals surface area contributed by atoms with E-state index in [-0.39, 0.29) is 30.3 Å². The molecule has 1 amide bonds. The minimum absolute atomic E-state index is 0.0982. The molecule has 0 bridgehead atoms. The maximum atomic E-state index is 13.4. The molecule has 156 valence electrons. The van der Waals surface area contributed by atoms with Crippen molar-refractivity contribution in [3.05, 3.63) is 53.6 Å². The highest BCUT2D eigenvalue weighted by Gasteiger charge is 2.16. The number of nitrogens with zero attached hydrogens (tertiary/aromatic N) is 2. The summed E-state index contributed by atoms with van der Waals surface area (Å²) in [5, 5.41) is 2.81. The molecule has 2 heterocycles. The maximum Gasteiger partial charge on any atom is 0.220 e. The molecule has 30 heavy (non-hydrogen) atoms. The van der Waals surface area contributed by atoms with E-state index in [9.17, 15) is 14.0 Å². The van der Waals surface area contributed by atoms with Crippen molar-refractivity contribution < 1.29 is 23.5 Å². The van der Waals surface area contributed by atoms with E-state index < -0.39 is 0 Å². The number of fused-ring (bicyclic) bond motifs is 2. The molecule has 1 aliphatic rings. The number of carbonyl (C=O) groups excluding carboxylic acids is 2. The number of aryl methyl sites for hydroxylation is 1. The van der Waals surface area contributed by atoms with Gasteiger partial charge in [-0.2, -0.15) is 0 Å². The molecule has 1 N–H and O–H groups in total. The Morgan fingerprint density at radius 1 is 1.10 bits per heavy atom. The van der Waals surface area contributed by atoms with Crippen LogP contribution in [-0.4, -0.2) is 41.0 Å². The normalized spacial score (nSPS) is 12.7. The van der Waals surface area contributed by atoms with Crippen LogP contribution in [-0.2, 0) is 18.3 Å². The summed E-state index contributed by atoms with van der Waals surface area (Å²) in [6.45, 7) is 1.33. The number of rotatable bonds is 7. The second-order valence-corrected chi connectivity index (χ2v) is 7.10. The number of amides is 1. The van der Waals surface area contributed by atoms with Crippen LogP contribution in [0.2, 0.25) is 0 Å². The molecule has 0 fully saturated rings. The fourth-order valence-electron chi connectivity index (χ4n) is 3.43. The standard InChI is InChI=1S/C22H22FN3O4/c1-26-17-13-15(23)3-4-16(17)25-21(26)8-9-24-22(28)7-5-18(27)14-2-6-19-20(12-14)30-11-10-29-19/h2-4,6,12-13H,5,7-11H2,1H3,(H,24,28). The third-order valence-corrected chi connectivity index (χ3v) is 5.05. The highest BCUT2D eigenvalue weighted by molar-refractivity contribution is 5.98. The fourth-order valence-corrected chi connectivity index (χ4v) is 3.43. The summed E-state index contributed by atoms with van der Waals surface area (Å²) in [6.07, 6.45) is 0.715. The van der Waals surface area contributed by atoms with Crippen molar-refractivity contribution in [2.75, 3.05) is 19.8 Å². The van der Waals surface area contributed by atoms with Gasteiger partial charge in [0.1, 0.15) is 24.9 Å². The first-order valence-electron chi connectivity index (χ1n) is 9.81. The third kappa shape index (κ3) is 4.27. The molecule has 2 aromatic carbocycles. The topological polar surface area (TPSA) is 82.5 Å². The average molecular weight is 411 g/mol. The number of ketones is 1. The Labute approximate surface area is 172 Å². The fraction of sp³-hybridized carbons (Fsp3) is 0.318. The number of aromatic nitrogens is 2. The molecule has 0 saturated heterocycles. The summed E-state index contributed by atoms with van der Waals surface area (Å²) in [5.74, 6) is 1.29. The van der Waals surface area contributed by atoms with Gasteiger partial charge in [0.05, 0.1) is 11.0 Å². The van der Waals surface area contributed by atoms with Crippen molar-refractivity contribution in [3.8, 4) is 11.5 Å². The van der Waals surface area contributed by atoms with Crippen molar-refractivity contribution in [2.24, 2.45) is 7.05 Å². The van der Waals surface area contributed by atoms with E-state index in [1.165, 1.54) is 12.1 Å². The molecule has 0 radical (unpaired) electrons. The molecule has 8 heteroatoms. The molecule has 0 atom stereocenters. The first-order chi connectivity index (χ1) is 14.5. The van der Waals surface area contributed by atoms with Crippen molar-refractivity contribution >= 4 is 22.7 Å². The molecule has 0 saturated carbocycles. The summed E-state index contributed by atoms with van der Waals surface area (Å²) in [5.41, 5.74) is 1.92. The summed E-state index contributed by atoms with van der Waals surface area (Å²) in [7, 11) is 1.82. The van der Waals surface area contributed by atoms with Gasteiger partial charge in [0.25, 0.3) is 0 Å². The molecule has 1 aliphatic heterocycles. The van der Waals surface area contributed by atoms with E-state index in [0.29, 0.717) is 54.3 Å². The number of hydrogen-bond donors (Lipinski definition) is 1. The predicted octanol–water partition coefficient (Wildman–Crippen LogP) is 2.81. The Bertz CT molecular complexity index is 1110. The van der Waals surface area contributed by atoms with Crippen LogP contribution in [0.5, 0.6) is 11.5 Å². The van der Waals surface area contributed by atoms with Crippen LogP contribution in [0.25, 0.3) is 11.0 Å². The first-order valence-corrected chi connectivity index (χ1v) is 9.81. The van der Waals surface area contributed by atoms with Crippen LogP contribution in [0.4, 0.5) is 4.39 Å². The van der Waals surface area contributed by atoms with Crippen molar-refractivity contribution in [1.82, 2.24) is 14.9 Å². The van der Waals surface area contributed by atoms with Gasteiger partial charge in [0, 0.05) is 38.4 Å². The molecule has 4 rings (SSSR count). The summed E-state index contributed by atoms with van der Waals surface area (Å²) in [6, 6.07) is 9.50. The average Bonchev–Trinajstić information content (AvgIpc) is 3.06. The second-order valence-electron chi connectivity index (χ2n) is 7.10. The largest absolute Gasteiger partial charge is 0.486 e. The zero-order valence-corrected chi connectivity index (χ0v) is 16.6. The molecular weight excluding hydrogens is 389 g/mol. The number of halogens is 1. The van der Waals surface area contributed by atoms with E-state index in [2.05, 4.69) is 10.3 Å². The van der Waals surface area contributed by atoms with Crippen molar-refractivity contribution in [2.45, 2.75) is 19.3 Å². The van der Waals surface area contributed by atoms with Gasteiger partial charge < -0.3 is 19.4 Å². The number of benzene rings is 2. The molecule has 0 spiro atoms. The summed E-state index contributed by atoms with van der Waals surface area (Å²) >= 11 is 0. The molecule has 3 aromatic rings. The van der Waals surface area contributed by atoms with Crippen molar-refractivity contribution in [3.63, 3.8) is 0 Å². The number of hydrogen-bond acceptors (Lipinski definition) is 5. The maximum absolute atomic E-state index is 13.4. The van der Waals surface area contributed by atoms with Crippen LogP contribution < -0.4 is 14.8 Å². The van der Waals surface area contributed by atoms with Gasteiger partial charge in [-0.15, -0.1) is 0 Å². The lowest BCUT2D eigenvalue weighted by Crippen LogP contribution is -2.26. The number of carbonyl (C=O) groups is 2. The van der Waals surface area contributed by atoms with Gasteiger partial charge in [-0.1, -0.05) is 0 Å². The lowest BCUT2D eigenvalue weighted by Gasteiger charge is -2.18. The van der Waals surface area contributed by atoms with Crippen molar-refractivity contribution in [1.29, 1.82) is 0 Å². The van der Waals surface area contributed by atoms with E-state index in [1.807, 2.05) is 11.6 Å². The van der Waals surface area contributed by atoms with E-state index in [4.69, 9.17) is 9.47 Å². The first kappa shape index (κ1) is 19.9. The van der Waals surface area contributed by atoms with Gasteiger partial charge in [-0.3, -0.25) is 9.59 Å². The number of Topliss-reactive ketones (excluding diaryl/α,β-unsaturated/α-hetero) is 1. The molecule has 0 aliphatic carbocycles. The number of imidazole rings is 1. The van der Waals surface area contributed by atoms with Crippen LogP contribution in [0.1, 0.15) is 29.0 Å². The minimum atomic E-state index is -0.312. The zero-order chi connectivity index (χ0) is 21.1. The monoisotopic (exact) mass is 411 g/mol.